The first-order chi connectivity index (χ1) is 13.8. The minimum Gasteiger partial charge on any atom is -0.497 e. The van der Waals surface area contributed by atoms with Gasteiger partial charge in [-0.15, -0.1) is 0 Å². The number of amides is 4. The monoisotopic (exact) mass is 399 g/mol. The smallest absolute Gasteiger partial charge is 0.325 e. The number of methoxy groups -OCH3 is 1. The van der Waals surface area contributed by atoms with Crippen LogP contribution in [0, 0.1) is 5.82 Å². The van der Waals surface area contributed by atoms with E-state index >= 15 is 0 Å². The van der Waals surface area contributed by atoms with Crippen molar-refractivity contribution in [3.05, 3.63) is 65.5 Å². The van der Waals surface area contributed by atoms with Gasteiger partial charge in [0.1, 0.15) is 23.7 Å². The van der Waals surface area contributed by atoms with Crippen molar-refractivity contribution in [2.24, 2.45) is 0 Å². The number of halogens is 1. The van der Waals surface area contributed by atoms with Crippen LogP contribution in [0.5, 0.6) is 5.75 Å². The average Bonchev–Trinajstić information content (AvgIpc) is 2.93. The first kappa shape index (κ1) is 20.3. The number of benzene rings is 2. The van der Waals surface area contributed by atoms with Crippen LogP contribution in [-0.2, 0) is 21.5 Å². The van der Waals surface area contributed by atoms with Gasteiger partial charge < -0.3 is 15.4 Å². The van der Waals surface area contributed by atoms with Gasteiger partial charge in [-0.25, -0.2) is 9.18 Å². The predicted molar refractivity (Wildman–Crippen MR) is 104 cm³/mol. The van der Waals surface area contributed by atoms with Gasteiger partial charge >= 0.3 is 6.03 Å². The highest BCUT2D eigenvalue weighted by Crippen LogP contribution is 2.30. The quantitative estimate of drug-likeness (QED) is 0.697. The summed E-state index contributed by atoms with van der Waals surface area (Å²) in [5, 5.41) is 5.33. The molecule has 8 heteroatoms. The molecule has 2 N–H and O–H groups in total. The van der Waals surface area contributed by atoms with E-state index in [0.717, 1.165) is 10.5 Å². The molecule has 4 amide bonds. The predicted octanol–water partition coefficient (Wildman–Crippen LogP) is 1.96. The number of hydrogen-bond donors (Lipinski definition) is 2. The zero-order chi connectivity index (χ0) is 21.0. The van der Waals surface area contributed by atoms with E-state index in [9.17, 15) is 18.8 Å². The molecule has 0 unspecified atom stereocenters. The van der Waals surface area contributed by atoms with E-state index in [1.165, 1.54) is 19.2 Å². The molecule has 0 aromatic heterocycles. The fraction of sp³-hybridized carbons (Fsp3) is 0.286. The first-order valence-corrected chi connectivity index (χ1v) is 9.13. The lowest BCUT2D eigenvalue weighted by molar-refractivity contribution is -0.134. The maximum atomic E-state index is 12.9. The van der Waals surface area contributed by atoms with Gasteiger partial charge in [-0.1, -0.05) is 24.3 Å². The third kappa shape index (κ3) is 4.37. The normalized spacial score (nSPS) is 18.5. The van der Waals surface area contributed by atoms with Crippen LogP contribution in [0.25, 0.3) is 0 Å². The Morgan fingerprint density at radius 2 is 1.93 bits per heavy atom. The van der Waals surface area contributed by atoms with Crippen LogP contribution in [0.3, 0.4) is 0 Å². The highest BCUT2D eigenvalue weighted by Gasteiger charge is 2.49. The average molecular weight is 399 g/mol. The summed E-state index contributed by atoms with van der Waals surface area (Å²) in [6.45, 7) is 1.52. The summed E-state index contributed by atoms with van der Waals surface area (Å²) in [4.78, 5) is 38.3. The fourth-order valence-electron chi connectivity index (χ4n) is 3.17. The standard InChI is InChI=1S/C21H22FN3O4/c1-21(15-4-3-5-17(12-15)29-2)19(27)25(20(28)24-21)13-18(26)23-11-10-14-6-8-16(22)9-7-14/h3-9,12H,10-11,13H2,1-2H3,(H,23,26)(H,24,28)/t21-/m1/s1. The Labute approximate surface area is 167 Å². The van der Waals surface area contributed by atoms with Crippen LogP contribution < -0.4 is 15.4 Å². The molecule has 0 radical (unpaired) electrons. The molecule has 0 spiro atoms. The summed E-state index contributed by atoms with van der Waals surface area (Å²) in [7, 11) is 1.51. The highest BCUT2D eigenvalue weighted by atomic mass is 19.1. The molecule has 1 fully saturated rings. The molecule has 0 saturated carbocycles. The van der Waals surface area contributed by atoms with Gasteiger partial charge in [-0.2, -0.15) is 0 Å². The number of imide groups is 1. The van der Waals surface area contributed by atoms with Crippen molar-refractivity contribution in [2.45, 2.75) is 18.9 Å². The first-order valence-electron chi connectivity index (χ1n) is 9.13. The molecular formula is C21H22FN3O4. The minimum absolute atomic E-state index is 0.307. The van der Waals surface area contributed by atoms with E-state index in [1.807, 2.05) is 0 Å². The van der Waals surface area contributed by atoms with Gasteiger partial charge in [0.05, 0.1) is 7.11 Å². The second kappa shape index (κ2) is 8.30. The van der Waals surface area contributed by atoms with Crippen LogP contribution in [0.15, 0.2) is 48.5 Å². The second-order valence-corrected chi connectivity index (χ2v) is 6.90. The van der Waals surface area contributed by atoms with Gasteiger partial charge in [0.2, 0.25) is 5.91 Å². The van der Waals surface area contributed by atoms with Crippen LogP contribution in [0.2, 0.25) is 0 Å². The zero-order valence-electron chi connectivity index (χ0n) is 16.2. The molecule has 1 aliphatic rings. The second-order valence-electron chi connectivity index (χ2n) is 6.90. The van der Waals surface area contributed by atoms with E-state index in [-0.39, 0.29) is 12.4 Å². The molecular weight excluding hydrogens is 377 g/mol. The van der Waals surface area contributed by atoms with Crippen molar-refractivity contribution in [1.82, 2.24) is 15.5 Å². The van der Waals surface area contributed by atoms with E-state index in [0.29, 0.717) is 24.3 Å². The Balaban J connectivity index is 1.60. The maximum absolute atomic E-state index is 12.9. The lowest BCUT2D eigenvalue weighted by atomic mass is 9.92. The minimum atomic E-state index is -1.28. The summed E-state index contributed by atoms with van der Waals surface area (Å²) in [5.74, 6) is -0.729. The largest absolute Gasteiger partial charge is 0.497 e. The summed E-state index contributed by atoms with van der Waals surface area (Å²) < 4.78 is 18.1. The Hall–Kier alpha value is -3.42. The molecule has 3 rings (SSSR count). The Bertz CT molecular complexity index is 932. The summed E-state index contributed by atoms with van der Waals surface area (Å²) in [6.07, 6.45) is 0.508. The molecule has 2 aromatic carbocycles. The Morgan fingerprint density at radius 3 is 2.62 bits per heavy atom. The number of carbonyl (C=O) groups excluding carboxylic acids is 3. The topological polar surface area (TPSA) is 87.7 Å². The van der Waals surface area contributed by atoms with E-state index in [4.69, 9.17) is 4.74 Å². The van der Waals surface area contributed by atoms with Gasteiger partial charge in [0.15, 0.2) is 0 Å². The number of ether oxygens (including phenoxy) is 1. The molecule has 1 saturated heterocycles. The number of urea groups is 1. The van der Waals surface area contributed by atoms with E-state index in [2.05, 4.69) is 10.6 Å². The number of hydrogen-bond acceptors (Lipinski definition) is 4. The van der Waals surface area contributed by atoms with Gasteiger partial charge in [0, 0.05) is 6.54 Å². The van der Waals surface area contributed by atoms with Gasteiger partial charge in [0.25, 0.3) is 5.91 Å². The number of nitrogens with one attached hydrogen (secondary N) is 2. The molecule has 2 aromatic rings. The Morgan fingerprint density at radius 1 is 1.21 bits per heavy atom. The van der Waals surface area contributed by atoms with Crippen molar-refractivity contribution >= 4 is 17.8 Å². The fourth-order valence-corrected chi connectivity index (χ4v) is 3.17. The van der Waals surface area contributed by atoms with Crippen LogP contribution in [0.1, 0.15) is 18.1 Å². The third-order valence-electron chi connectivity index (χ3n) is 4.87. The van der Waals surface area contributed by atoms with Crippen molar-refractivity contribution in [2.75, 3.05) is 20.2 Å². The van der Waals surface area contributed by atoms with Crippen LogP contribution in [-0.4, -0.2) is 42.9 Å². The lowest BCUT2D eigenvalue weighted by Crippen LogP contribution is -2.43. The molecule has 1 heterocycles. The van der Waals surface area contributed by atoms with E-state index in [1.54, 1.807) is 43.3 Å². The summed E-state index contributed by atoms with van der Waals surface area (Å²) in [5.41, 5.74) is 0.154. The van der Waals surface area contributed by atoms with Crippen LogP contribution in [0.4, 0.5) is 9.18 Å². The summed E-state index contributed by atoms with van der Waals surface area (Å²) in [6, 6.07) is 12.2. The number of carbonyl (C=O) groups is 3. The molecule has 1 aliphatic heterocycles. The zero-order valence-corrected chi connectivity index (χ0v) is 16.2. The van der Waals surface area contributed by atoms with Crippen molar-refractivity contribution in [1.29, 1.82) is 0 Å². The maximum Gasteiger partial charge on any atom is 0.325 e. The highest BCUT2D eigenvalue weighted by molar-refractivity contribution is 6.09. The molecule has 7 nitrogen and oxygen atoms in total. The van der Waals surface area contributed by atoms with Gasteiger partial charge in [-0.05, 0) is 48.7 Å². The molecule has 1 atom stereocenters. The van der Waals surface area contributed by atoms with Crippen LogP contribution >= 0.6 is 0 Å². The number of rotatable bonds is 7. The van der Waals surface area contributed by atoms with Crippen molar-refractivity contribution in [3.63, 3.8) is 0 Å². The summed E-state index contributed by atoms with van der Waals surface area (Å²) >= 11 is 0. The third-order valence-corrected chi connectivity index (χ3v) is 4.87. The molecule has 152 valence electrons. The molecule has 0 aliphatic carbocycles. The van der Waals surface area contributed by atoms with Crippen molar-refractivity contribution < 1.29 is 23.5 Å². The number of nitrogens with zero attached hydrogens (tertiary/aromatic N) is 1. The van der Waals surface area contributed by atoms with Crippen molar-refractivity contribution in [3.8, 4) is 5.75 Å². The van der Waals surface area contributed by atoms with E-state index < -0.39 is 23.4 Å². The lowest BCUT2D eigenvalue weighted by Gasteiger charge is -2.22. The van der Waals surface area contributed by atoms with Gasteiger partial charge in [-0.3, -0.25) is 14.5 Å². The Kier molecular flexibility index (Phi) is 5.81. The molecule has 0 bridgehead atoms. The SMILES string of the molecule is COc1cccc([C@@]2(C)NC(=O)N(CC(=O)NCCc3ccc(F)cc3)C2=O)c1. The molecule has 29 heavy (non-hydrogen) atoms.